The Hall–Kier alpha value is -1.55. The maximum atomic E-state index is 11.8. The minimum Gasteiger partial charge on any atom is -0.465 e. The van der Waals surface area contributed by atoms with Crippen molar-refractivity contribution < 1.29 is 9.53 Å². The second-order valence-corrected chi connectivity index (χ2v) is 5.43. The quantitative estimate of drug-likeness (QED) is 0.625. The highest BCUT2D eigenvalue weighted by molar-refractivity contribution is 6.17. The summed E-state index contributed by atoms with van der Waals surface area (Å²) in [5.74, 6) is 1.34. The van der Waals surface area contributed by atoms with Gasteiger partial charge in [-0.3, -0.25) is 0 Å². The van der Waals surface area contributed by atoms with Crippen molar-refractivity contribution in [3.05, 3.63) is 29.6 Å². The molecule has 0 aliphatic rings. The third-order valence-corrected chi connectivity index (χ3v) is 3.55. The van der Waals surface area contributed by atoms with Crippen LogP contribution in [0.1, 0.15) is 36.5 Å². The van der Waals surface area contributed by atoms with Crippen LogP contribution in [0.25, 0.3) is 11.0 Å². The van der Waals surface area contributed by atoms with Crippen molar-refractivity contribution in [3.8, 4) is 0 Å². The number of imidazole rings is 1. The fourth-order valence-corrected chi connectivity index (χ4v) is 2.41. The van der Waals surface area contributed by atoms with E-state index in [2.05, 4.69) is 23.4 Å². The van der Waals surface area contributed by atoms with Crippen molar-refractivity contribution in [1.29, 1.82) is 0 Å². The van der Waals surface area contributed by atoms with Gasteiger partial charge in [-0.1, -0.05) is 19.9 Å². The molecule has 0 aliphatic carbocycles. The molecule has 0 fully saturated rings. The van der Waals surface area contributed by atoms with E-state index in [1.165, 1.54) is 7.11 Å². The number of benzene rings is 1. The van der Waals surface area contributed by atoms with Gasteiger partial charge in [0.25, 0.3) is 0 Å². The molecule has 0 atom stereocenters. The molecule has 20 heavy (non-hydrogen) atoms. The summed E-state index contributed by atoms with van der Waals surface area (Å²) in [7, 11) is 1.37. The minimum atomic E-state index is -0.370. The fraction of sp³-hybridized carbons (Fsp3) is 0.467. The lowest BCUT2D eigenvalue weighted by atomic mass is 10.1. The molecular weight excluding hydrogens is 276 g/mol. The van der Waals surface area contributed by atoms with Gasteiger partial charge in [0, 0.05) is 6.54 Å². The molecule has 1 aromatic heterocycles. The SMILES string of the molecule is COC(=O)c1cccc2c1nc(CCl)n2CCC(C)C. The van der Waals surface area contributed by atoms with Crippen molar-refractivity contribution in [1.82, 2.24) is 9.55 Å². The number of hydrogen-bond acceptors (Lipinski definition) is 3. The van der Waals surface area contributed by atoms with Crippen molar-refractivity contribution in [2.75, 3.05) is 7.11 Å². The third-order valence-electron chi connectivity index (χ3n) is 3.31. The number of alkyl halides is 1. The highest BCUT2D eigenvalue weighted by Crippen LogP contribution is 2.23. The molecule has 108 valence electrons. The van der Waals surface area contributed by atoms with Crippen LogP contribution in [0.4, 0.5) is 0 Å². The first-order chi connectivity index (χ1) is 9.58. The lowest BCUT2D eigenvalue weighted by molar-refractivity contribution is 0.0603. The summed E-state index contributed by atoms with van der Waals surface area (Å²) in [4.78, 5) is 16.3. The molecule has 0 radical (unpaired) electrons. The average Bonchev–Trinajstić information content (AvgIpc) is 2.81. The van der Waals surface area contributed by atoms with Crippen LogP contribution in [0.2, 0.25) is 0 Å². The average molecular weight is 295 g/mol. The van der Waals surface area contributed by atoms with Gasteiger partial charge in [-0.05, 0) is 24.5 Å². The molecule has 1 aromatic carbocycles. The Bertz CT molecular complexity index is 620. The smallest absolute Gasteiger partial charge is 0.340 e. The number of carbonyl (C=O) groups excluding carboxylic acids is 1. The summed E-state index contributed by atoms with van der Waals surface area (Å²) in [5, 5.41) is 0. The number of hydrogen-bond donors (Lipinski definition) is 0. The standard InChI is InChI=1S/C15H19ClN2O2/c1-10(2)7-8-18-12-6-4-5-11(15(19)20-3)14(12)17-13(18)9-16/h4-6,10H,7-9H2,1-3H3. The zero-order valence-electron chi connectivity index (χ0n) is 12.0. The first-order valence-electron chi connectivity index (χ1n) is 6.70. The molecule has 0 bridgehead atoms. The van der Waals surface area contributed by atoms with Gasteiger partial charge in [-0.15, -0.1) is 11.6 Å². The Morgan fingerprint density at radius 3 is 2.80 bits per heavy atom. The number of aromatic nitrogens is 2. The molecule has 0 aliphatic heterocycles. The van der Waals surface area contributed by atoms with Crippen LogP contribution in [-0.2, 0) is 17.2 Å². The normalized spacial score (nSPS) is 11.2. The molecule has 0 amide bonds. The Morgan fingerprint density at radius 1 is 1.45 bits per heavy atom. The van der Waals surface area contributed by atoms with Gasteiger partial charge >= 0.3 is 5.97 Å². The van der Waals surface area contributed by atoms with E-state index in [9.17, 15) is 4.79 Å². The Labute approximate surface area is 123 Å². The number of nitrogens with zero attached hydrogens (tertiary/aromatic N) is 2. The fourth-order valence-electron chi connectivity index (χ4n) is 2.21. The summed E-state index contributed by atoms with van der Waals surface area (Å²) in [6.45, 7) is 5.21. The molecule has 5 heteroatoms. The molecule has 2 aromatic rings. The van der Waals surface area contributed by atoms with E-state index < -0.39 is 0 Å². The van der Waals surface area contributed by atoms with Gasteiger partial charge in [0.2, 0.25) is 0 Å². The Balaban J connectivity index is 2.54. The van der Waals surface area contributed by atoms with Crippen molar-refractivity contribution in [2.45, 2.75) is 32.7 Å². The number of para-hydroxylation sites is 1. The molecule has 0 saturated heterocycles. The highest BCUT2D eigenvalue weighted by atomic mass is 35.5. The van der Waals surface area contributed by atoms with Crippen molar-refractivity contribution in [3.63, 3.8) is 0 Å². The summed E-state index contributed by atoms with van der Waals surface area (Å²) < 4.78 is 6.90. The number of rotatable bonds is 5. The van der Waals surface area contributed by atoms with E-state index in [4.69, 9.17) is 16.3 Å². The van der Waals surface area contributed by atoms with Crippen LogP contribution in [0.3, 0.4) is 0 Å². The van der Waals surface area contributed by atoms with E-state index in [1.807, 2.05) is 12.1 Å². The van der Waals surface area contributed by atoms with E-state index in [0.29, 0.717) is 22.9 Å². The second kappa shape index (κ2) is 6.27. The van der Waals surface area contributed by atoms with E-state index in [1.54, 1.807) is 6.07 Å². The van der Waals surface area contributed by atoms with Crippen LogP contribution in [-0.4, -0.2) is 22.6 Å². The first-order valence-corrected chi connectivity index (χ1v) is 7.24. The molecule has 0 N–H and O–H groups in total. The number of halogens is 1. The Morgan fingerprint density at radius 2 is 2.20 bits per heavy atom. The predicted octanol–water partition coefficient (Wildman–Crippen LogP) is 3.61. The maximum Gasteiger partial charge on any atom is 0.340 e. The molecule has 0 spiro atoms. The topological polar surface area (TPSA) is 44.1 Å². The Kier molecular flexibility index (Phi) is 4.65. The van der Waals surface area contributed by atoms with E-state index in [-0.39, 0.29) is 5.97 Å². The zero-order chi connectivity index (χ0) is 14.7. The predicted molar refractivity (Wildman–Crippen MR) is 80.1 cm³/mol. The van der Waals surface area contributed by atoms with Gasteiger partial charge in [-0.25, -0.2) is 9.78 Å². The minimum absolute atomic E-state index is 0.327. The van der Waals surface area contributed by atoms with E-state index >= 15 is 0 Å². The maximum absolute atomic E-state index is 11.8. The van der Waals surface area contributed by atoms with Crippen LogP contribution >= 0.6 is 11.6 Å². The number of fused-ring (bicyclic) bond motifs is 1. The lowest BCUT2D eigenvalue weighted by Gasteiger charge is -2.09. The molecule has 0 saturated carbocycles. The molecule has 2 rings (SSSR count). The first kappa shape index (κ1) is 14.9. The largest absolute Gasteiger partial charge is 0.465 e. The van der Waals surface area contributed by atoms with Crippen LogP contribution in [0.5, 0.6) is 0 Å². The number of ether oxygens (including phenoxy) is 1. The zero-order valence-corrected chi connectivity index (χ0v) is 12.8. The monoisotopic (exact) mass is 294 g/mol. The lowest BCUT2D eigenvalue weighted by Crippen LogP contribution is -2.05. The second-order valence-electron chi connectivity index (χ2n) is 5.16. The van der Waals surface area contributed by atoms with Crippen LogP contribution < -0.4 is 0 Å². The summed E-state index contributed by atoms with van der Waals surface area (Å²) >= 11 is 5.99. The van der Waals surface area contributed by atoms with Gasteiger partial charge in [-0.2, -0.15) is 0 Å². The number of esters is 1. The van der Waals surface area contributed by atoms with Crippen LogP contribution in [0, 0.1) is 5.92 Å². The van der Waals surface area contributed by atoms with Crippen molar-refractivity contribution >= 4 is 28.6 Å². The van der Waals surface area contributed by atoms with Gasteiger partial charge in [0.1, 0.15) is 11.3 Å². The van der Waals surface area contributed by atoms with Crippen LogP contribution in [0.15, 0.2) is 18.2 Å². The molecular formula is C15H19ClN2O2. The number of aryl methyl sites for hydroxylation is 1. The summed E-state index contributed by atoms with van der Waals surface area (Å²) in [5.41, 5.74) is 2.09. The van der Waals surface area contributed by atoms with Gasteiger partial charge in [0.05, 0.1) is 24.1 Å². The molecule has 1 heterocycles. The molecule has 0 unspecified atom stereocenters. The van der Waals surface area contributed by atoms with E-state index in [0.717, 1.165) is 24.3 Å². The van der Waals surface area contributed by atoms with Gasteiger partial charge in [0.15, 0.2) is 0 Å². The van der Waals surface area contributed by atoms with Gasteiger partial charge < -0.3 is 9.30 Å². The summed E-state index contributed by atoms with van der Waals surface area (Å²) in [6.07, 6.45) is 1.04. The van der Waals surface area contributed by atoms with Crippen molar-refractivity contribution in [2.24, 2.45) is 5.92 Å². The number of methoxy groups -OCH3 is 1. The number of carbonyl (C=O) groups is 1. The highest BCUT2D eigenvalue weighted by Gasteiger charge is 2.17. The third kappa shape index (κ3) is 2.80. The summed E-state index contributed by atoms with van der Waals surface area (Å²) in [6, 6.07) is 5.54. The molecule has 4 nitrogen and oxygen atoms in total.